The van der Waals surface area contributed by atoms with Gasteiger partial charge in [0.25, 0.3) is 5.65 Å². The van der Waals surface area contributed by atoms with Crippen LogP contribution in [0.2, 0.25) is 0 Å². The second-order valence-corrected chi connectivity index (χ2v) is 8.14. The number of fused-ring (bicyclic) bond motifs is 7. The van der Waals surface area contributed by atoms with Crippen molar-refractivity contribution in [3.05, 3.63) is 72.4 Å². The number of benzene rings is 2. The maximum absolute atomic E-state index is 2.53. The number of aryl methyl sites for hydroxylation is 1. The van der Waals surface area contributed by atoms with Crippen LogP contribution in [0.25, 0.3) is 33.0 Å². The highest BCUT2D eigenvalue weighted by Crippen LogP contribution is 2.26. The Morgan fingerprint density at radius 2 is 1.62 bits per heavy atom. The van der Waals surface area contributed by atoms with E-state index in [1.807, 2.05) is 0 Å². The lowest BCUT2D eigenvalue weighted by atomic mass is 10.1. The summed E-state index contributed by atoms with van der Waals surface area (Å²) in [6.45, 7) is 4.52. The number of halogens is 1. The Morgan fingerprint density at radius 3 is 2.48 bits per heavy atom. The van der Waals surface area contributed by atoms with Gasteiger partial charge in [-0.2, -0.15) is 8.80 Å². The largest absolute Gasteiger partial charge is 1.00 e. The molecule has 146 valence electrons. The molecule has 4 heterocycles. The van der Waals surface area contributed by atoms with Crippen LogP contribution in [-0.2, 0) is 0 Å². The fourth-order valence-corrected chi connectivity index (χ4v) is 4.82. The van der Waals surface area contributed by atoms with Crippen LogP contribution in [0, 0.1) is 6.92 Å². The van der Waals surface area contributed by atoms with Gasteiger partial charge in [0, 0.05) is 35.6 Å². The molecule has 0 amide bonds. The molecule has 2 aromatic carbocycles. The summed E-state index contributed by atoms with van der Waals surface area (Å²) >= 11 is 0. The molecule has 0 radical (unpaired) electrons. The van der Waals surface area contributed by atoms with Crippen molar-refractivity contribution in [2.75, 3.05) is 18.0 Å². The van der Waals surface area contributed by atoms with Crippen LogP contribution in [0.15, 0.2) is 66.9 Å². The molecule has 1 aliphatic heterocycles. The second-order valence-electron chi connectivity index (χ2n) is 8.14. The fourth-order valence-electron chi connectivity index (χ4n) is 4.82. The summed E-state index contributed by atoms with van der Waals surface area (Å²) in [6.07, 6.45) is 6.25. The van der Waals surface area contributed by atoms with Gasteiger partial charge in [0.15, 0.2) is 5.52 Å². The summed E-state index contributed by atoms with van der Waals surface area (Å²) in [5.74, 6) is 0. The van der Waals surface area contributed by atoms with Crippen LogP contribution in [0.4, 0.5) is 5.69 Å². The zero-order chi connectivity index (χ0) is 18.7. The van der Waals surface area contributed by atoms with Gasteiger partial charge in [-0.1, -0.05) is 11.6 Å². The van der Waals surface area contributed by atoms with Crippen molar-refractivity contribution in [1.29, 1.82) is 0 Å². The molecule has 0 N–H and O–H groups in total. The van der Waals surface area contributed by atoms with Crippen molar-refractivity contribution in [2.24, 2.45) is 0 Å². The summed E-state index contributed by atoms with van der Waals surface area (Å²) in [5, 5.41) is 2.59. The molecule has 6 rings (SSSR count). The Labute approximate surface area is 176 Å². The van der Waals surface area contributed by atoms with Gasteiger partial charge in [-0.15, -0.1) is 0 Å². The fraction of sp³-hybridized carbons (Fsp3) is 0.240. The van der Waals surface area contributed by atoms with Crippen LogP contribution >= 0.6 is 0 Å². The van der Waals surface area contributed by atoms with Gasteiger partial charge in [0.05, 0.1) is 0 Å². The molecule has 1 aliphatic rings. The smallest absolute Gasteiger partial charge is 0.292 e. The lowest BCUT2D eigenvalue weighted by Crippen LogP contribution is -3.00. The van der Waals surface area contributed by atoms with E-state index in [9.17, 15) is 0 Å². The molecule has 0 saturated carbocycles. The number of imidazole rings is 1. The molecule has 0 aliphatic carbocycles. The van der Waals surface area contributed by atoms with E-state index >= 15 is 0 Å². The van der Waals surface area contributed by atoms with E-state index in [-0.39, 0.29) is 12.4 Å². The molecule has 5 aromatic rings. The number of hydrogen-bond acceptors (Lipinski definition) is 1. The van der Waals surface area contributed by atoms with Gasteiger partial charge in [0.1, 0.15) is 17.2 Å². The van der Waals surface area contributed by atoms with Crippen molar-refractivity contribution in [1.82, 2.24) is 4.40 Å². The number of hydrogen-bond donors (Lipinski definition) is 0. The number of piperidine rings is 1. The van der Waals surface area contributed by atoms with Crippen molar-refractivity contribution < 1.29 is 16.8 Å². The van der Waals surface area contributed by atoms with Crippen LogP contribution in [0.3, 0.4) is 0 Å². The van der Waals surface area contributed by atoms with E-state index in [0.29, 0.717) is 0 Å². The molecule has 1 saturated heterocycles. The molecule has 0 atom stereocenters. The van der Waals surface area contributed by atoms with E-state index < -0.39 is 0 Å². The molecular weight excluding hydrogens is 378 g/mol. The Balaban J connectivity index is 0.00000181. The third-order valence-corrected chi connectivity index (χ3v) is 6.26. The van der Waals surface area contributed by atoms with E-state index in [1.54, 1.807) is 0 Å². The van der Waals surface area contributed by atoms with Gasteiger partial charge in [-0.05, 0) is 74.7 Å². The molecule has 3 nitrogen and oxygen atoms in total. The number of anilines is 1. The Kier molecular flexibility index (Phi) is 4.36. The van der Waals surface area contributed by atoms with Gasteiger partial charge in [-0.3, -0.25) is 0 Å². The van der Waals surface area contributed by atoms with Crippen LogP contribution in [0.5, 0.6) is 0 Å². The maximum Gasteiger partial charge on any atom is 0.292 e. The third-order valence-electron chi connectivity index (χ3n) is 6.26. The van der Waals surface area contributed by atoms with Crippen molar-refractivity contribution in [3.63, 3.8) is 0 Å². The Morgan fingerprint density at radius 1 is 0.793 bits per heavy atom. The second kappa shape index (κ2) is 6.93. The highest BCUT2D eigenvalue weighted by Gasteiger charge is 2.18. The predicted molar refractivity (Wildman–Crippen MR) is 116 cm³/mol. The summed E-state index contributed by atoms with van der Waals surface area (Å²) < 4.78 is 4.71. The Hall–Kier alpha value is -2.78. The van der Waals surface area contributed by atoms with Crippen molar-refractivity contribution in [3.8, 4) is 0 Å². The zero-order valence-corrected chi connectivity index (χ0v) is 17.4. The zero-order valence-electron chi connectivity index (χ0n) is 16.6. The first-order chi connectivity index (χ1) is 13.8. The summed E-state index contributed by atoms with van der Waals surface area (Å²) in [7, 11) is 0. The number of aromatic nitrogens is 2. The molecule has 3 aromatic heterocycles. The third kappa shape index (κ3) is 2.84. The summed E-state index contributed by atoms with van der Waals surface area (Å²) in [6, 6.07) is 22.6. The lowest BCUT2D eigenvalue weighted by molar-refractivity contribution is -0.479. The quantitative estimate of drug-likeness (QED) is 0.392. The molecule has 29 heavy (non-hydrogen) atoms. The van der Waals surface area contributed by atoms with Gasteiger partial charge in [0.2, 0.25) is 0 Å². The minimum atomic E-state index is 0. The lowest BCUT2D eigenvalue weighted by Gasteiger charge is -2.28. The average molecular weight is 402 g/mol. The first kappa shape index (κ1) is 18.3. The first-order valence-corrected chi connectivity index (χ1v) is 10.3. The molecule has 1 fully saturated rings. The molecule has 4 heteroatoms. The SMILES string of the molecule is Cc1ccc2c(ccc3c[n+]4c5ccc(N6CCCCC6)cc5ccc4n32)c1.[Cl-]. The van der Waals surface area contributed by atoms with E-state index in [1.165, 1.54) is 76.6 Å². The normalized spacial score (nSPS) is 14.7. The summed E-state index contributed by atoms with van der Waals surface area (Å²) in [4.78, 5) is 2.53. The van der Waals surface area contributed by atoms with Crippen LogP contribution < -0.4 is 21.7 Å². The van der Waals surface area contributed by atoms with Crippen molar-refractivity contribution >= 4 is 38.7 Å². The number of pyridine rings is 2. The number of nitrogens with zero attached hydrogens (tertiary/aromatic N) is 3. The van der Waals surface area contributed by atoms with Crippen LogP contribution in [-0.4, -0.2) is 17.5 Å². The highest BCUT2D eigenvalue weighted by molar-refractivity contribution is 5.86. The van der Waals surface area contributed by atoms with Gasteiger partial charge in [-0.25, -0.2) is 0 Å². The van der Waals surface area contributed by atoms with Gasteiger partial charge >= 0.3 is 0 Å². The average Bonchev–Trinajstić information content (AvgIpc) is 3.13. The predicted octanol–water partition coefficient (Wildman–Crippen LogP) is 2.29. The van der Waals surface area contributed by atoms with Gasteiger partial charge < -0.3 is 17.3 Å². The standard InChI is InChI=1S/C25H24N3.ClH/c1-18-5-10-24-19(15-18)6-8-22-17-27-23-11-9-21(26-13-3-2-4-14-26)16-20(23)7-12-25(27)28(22)24;/h5-12,15-17H,2-4,13-14H2,1H3;1H/q+1;/p-1. The van der Waals surface area contributed by atoms with Crippen molar-refractivity contribution in [2.45, 2.75) is 26.2 Å². The molecule has 0 spiro atoms. The van der Waals surface area contributed by atoms with E-state index in [4.69, 9.17) is 0 Å². The van der Waals surface area contributed by atoms with E-state index in [0.717, 1.165) is 0 Å². The van der Waals surface area contributed by atoms with Crippen LogP contribution in [0.1, 0.15) is 24.8 Å². The Bertz CT molecular complexity index is 1360. The monoisotopic (exact) mass is 401 g/mol. The minimum Gasteiger partial charge on any atom is -1.00 e. The molecular formula is C25H24ClN3. The topological polar surface area (TPSA) is 11.8 Å². The first-order valence-electron chi connectivity index (χ1n) is 10.3. The minimum absolute atomic E-state index is 0. The number of rotatable bonds is 1. The summed E-state index contributed by atoms with van der Waals surface area (Å²) in [5.41, 5.74) is 7.62. The van der Waals surface area contributed by atoms with E-state index in [2.05, 4.69) is 87.5 Å². The molecule has 0 unspecified atom stereocenters. The molecule has 0 bridgehead atoms. The maximum atomic E-state index is 2.53. The highest BCUT2D eigenvalue weighted by atomic mass is 35.5.